The third kappa shape index (κ3) is 9.80. The van der Waals surface area contributed by atoms with Crippen molar-refractivity contribution in [2.45, 2.75) is 199 Å². The van der Waals surface area contributed by atoms with Gasteiger partial charge in [-0.25, -0.2) is 4.79 Å². The summed E-state index contributed by atoms with van der Waals surface area (Å²) in [6, 6.07) is -0.841. The summed E-state index contributed by atoms with van der Waals surface area (Å²) in [4.78, 5) is 31.0. The molecule has 0 spiro atoms. The van der Waals surface area contributed by atoms with E-state index in [1.807, 2.05) is 39.6 Å². The normalized spacial score (nSPS) is 48.4. The van der Waals surface area contributed by atoms with E-state index < -0.39 is 102 Å². The Morgan fingerprint density at radius 3 is 2.16 bits per heavy atom. The molecule has 4 aliphatic heterocycles. The Morgan fingerprint density at radius 1 is 0.909 bits per heavy atom. The summed E-state index contributed by atoms with van der Waals surface area (Å²) < 4.78 is 43.9. The maximum Gasteiger partial charge on any atom is 0.410 e. The number of esters is 1. The molecule has 0 aromatic heterocycles. The lowest BCUT2D eigenvalue weighted by atomic mass is 9.77. The maximum absolute atomic E-state index is 14.3. The zero-order valence-corrected chi connectivity index (χ0v) is 35.5. The highest BCUT2D eigenvalue weighted by Crippen LogP contribution is 2.41. The fraction of sp³-hybridized carbons (Fsp3) is 0.950. The molecular weight excluding hydrogens is 716 g/mol. The first kappa shape index (κ1) is 46.0. The number of amides is 1. The molecule has 0 unspecified atom stereocenters. The van der Waals surface area contributed by atoms with E-state index in [9.17, 15) is 30.0 Å². The van der Waals surface area contributed by atoms with Crippen LogP contribution in [0.5, 0.6) is 0 Å². The zero-order chi connectivity index (χ0) is 41.4. The van der Waals surface area contributed by atoms with Gasteiger partial charge in [-0.05, 0) is 87.1 Å². The standard InChI is InChI=1S/C40H72N2O13/c1-14-16-42-27-17-22(4)50-36(31(27)54-37(42)46)55-34-23(5)30(53-29-19-39(10,49-13)33(44)26(8)51-29)24(6)35(45)52-28(15-2)40(11,48)32(43)25(7)41(12)20-21(3)18-38(34,9)47/h21-34,36,43-44,47-48H,14-20H2,1-13H3/t21-,22-,23+,24-,25-,26+,27+,28-,29+,30+,31-,32-,33+,34-,36+,38-,39-,40-/m1/s1. The molecule has 0 saturated carbocycles. The lowest BCUT2D eigenvalue weighted by molar-refractivity contribution is -0.314. The van der Waals surface area contributed by atoms with Gasteiger partial charge in [0.15, 0.2) is 18.7 Å². The van der Waals surface area contributed by atoms with Crippen LogP contribution < -0.4 is 0 Å². The molecule has 4 aliphatic rings. The van der Waals surface area contributed by atoms with Crippen LogP contribution in [0.3, 0.4) is 0 Å². The van der Waals surface area contributed by atoms with Crippen molar-refractivity contribution in [2.24, 2.45) is 17.8 Å². The summed E-state index contributed by atoms with van der Waals surface area (Å²) in [7, 11) is 3.35. The van der Waals surface area contributed by atoms with Crippen molar-refractivity contribution in [3.63, 3.8) is 0 Å². The highest BCUT2D eigenvalue weighted by molar-refractivity contribution is 5.73. The van der Waals surface area contributed by atoms with E-state index in [1.165, 1.54) is 14.0 Å². The fourth-order valence-corrected chi connectivity index (χ4v) is 9.47. The highest BCUT2D eigenvalue weighted by Gasteiger charge is 2.55. The lowest BCUT2D eigenvalue weighted by Gasteiger charge is -2.48. The maximum atomic E-state index is 14.3. The van der Waals surface area contributed by atoms with Crippen LogP contribution in [0.2, 0.25) is 0 Å². The van der Waals surface area contributed by atoms with Crippen molar-refractivity contribution >= 4 is 12.1 Å². The van der Waals surface area contributed by atoms with Gasteiger partial charge in [0.2, 0.25) is 0 Å². The number of ether oxygens (including phenoxy) is 7. The van der Waals surface area contributed by atoms with E-state index in [2.05, 4.69) is 0 Å². The van der Waals surface area contributed by atoms with Crippen LogP contribution in [-0.2, 0) is 38.0 Å². The second-order valence-corrected chi connectivity index (χ2v) is 17.8. The van der Waals surface area contributed by atoms with Crippen molar-refractivity contribution in [1.29, 1.82) is 0 Å². The smallest absolute Gasteiger partial charge is 0.410 e. The van der Waals surface area contributed by atoms with Gasteiger partial charge < -0.3 is 63.4 Å². The number of aliphatic hydroxyl groups excluding tert-OH is 2. The van der Waals surface area contributed by atoms with Gasteiger partial charge in [-0.15, -0.1) is 0 Å². The Hall–Kier alpha value is -1.66. The number of aliphatic hydroxyl groups is 4. The number of nitrogens with zero attached hydrogens (tertiary/aromatic N) is 2. The second kappa shape index (κ2) is 18.1. The topological polar surface area (TPSA) is 186 Å². The van der Waals surface area contributed by atoms with Crippen LogP contribution in [0, 0.1) is 17.8 Å². The summed E-state index contributed by atoms with van der Waals surface area (Å²) in [5.41, 5.74) is -4.42. The molecule has 0 radical (unpaired) electrons. The van der Waals surface area contributed by atoms with Gasteiger partial charge in [0.25, 0.3) is 0 Å². The average molecular weight is 789 g/mol. The Kier molecular flexibility index (Phi) is 15.1. The van der Waals surface area contributed by atoms with Crippen molar-refractivity contribution in [3.05, 3.63) is 0 Å². The summed E-state index contributed by atoms with van der Waals surface area (Å²) in [6.07, 6.45) is -7.73. The molecule has 4 N–H and O–H groups in total. The summed E-state index contributed by atoms with van der Waals surface area (Å²) in [5, 5.41) is 46.9. The van der Waals surface area contributed by atoms with E-state index >= 15 is 0 Å². The lowest BCUT2D eigenvalue weighted by Crippen LogP contribution is -2.60. The molecule has 0 aliphatic carbocycles. The molecule has 15 nitrogen and oxygen atoms in total. The Labute approximate surface area is 328 Å². The van der Waals surface area contributed by atoms with E-state index in [-0.39, 0.29) is 37.3 Å². The number of cyclic esters (lactones) is 1. The number of hydrogen-bond donors (Lipinski definition) is 4. The minimum Gasteiger partial charge on any atom is -0.459 e. The number of likely N-dealkylation sites (N-methyl/N-ethyl adjacent to an activating group) is 1. The first-order chi connectivity index (χ1) is 25.5. The largest absolute Gasteiger partial charge is 0.459 e. The quantitative estimate of drug-likeness (QED) is 0.263. The molecular formula is C40H72N2O13. The molecule has 4 fully saturated rings. The van der Waals surface area contributed by atoms with Crippen LogP contribution in [0.25, 0.3) is 0 Å². The molecule has 0 bridgehead atoms. The van der Waals surface area contributed by atoms with Crippen LogP contribution >= 0.6 is 0 Å². The fourth-order valence-electron chi connectivity index (χ4n) is 9.47. The van der Waals surface area contributed by atoms with Gasteiger partial charge in [-0.3, -0.25) is 4.79 Å². The molecule has 4 rings (SSSR count). The van der Waals surface area contributed by atoms with E-state index in [0.29, 0.717) is 19.5 Å². The first-order valence-corrected chi connectivity index (χ1v) is 20.4. The van der Waals surface area contributed by atoms with Gasteiger partial charge in [-0.2, -0.15) is 0 Å². The summed E-state index contributed by atoms with van der Waals surface area (Å²) >= 11 is 0. The Morgan fingerprint density at radius 2 is 1.56 bits per heavy atom. The second-order valence-electron chi connectivity index (χ2n) is 17.8. The third-order valence-electron chi connectivity index (χ3n) is 12.9. The molecule has 15 heteroatoms. The van der Waals surface area contributed by atoms with Crippen molar-refractivity contribution in [3.8, 4) is 0 Å². The SMILES string of the molecule is CCCN1C(=O)O[C@H]2[C@H](O[C@@H]3[C@@H](C)[C@H](O[C@H]4C[C@@](C)(OC)[C@@H](O)[C@H](C)O4)[C@@H](C)C(=O)O[C@H](CC)[C@@](C)(O)[C@H](O)[C@@H](C)N(C)C[C@H](C)C[C@@]3(C)O)O[C@H](C)C[C@@H]21. The average Bonchev–Trinajstić information content (AvgIpc) is 3.42. The van der Waals surface area contributed by atoms with E-state index in [4.69, 9.17) is 33.2 Å². The molecule has 55 heavy (non-hydrogen) atoms. The zero-order valence-electron chi connectivity index (χ0n) is 35.5. The van der Waals surface area contributed by atoms with Crippen molar-refractivity contribution < 1.29 is 63.2 Å². The van der Waals surface area contributed by atoms with Gasteiger partial charge >= 0.3 is 12.1 Å². The molecule has 0 aromatic carbocycles. The van der Waals surface area contributed by atoms with Crippen LogP contribution in [-0.4, -0.2) is 160 Å². The number of methoxy groups -OCH3 is 1. The Balaban J connectivity index is 1.82. The molecule has 1 amide bonds. The predicted octanol–water partition coefficient (Wildman–Crippen LogP) is 3.21. The van der Waals surface area contributed by atoms with Crippen LogP contribution in [0.4, 0.5) is 4.79 Å². The minimum absolute atomic E-state index is 0.123. The molecule has 18 atom stereocenters. The molecule has 4 heterocycles. The number of rotatable bonds is 8. The Bertz CT molecular complexity index is 1290. The van der Waals surface area contributed by atoms with Crippen molar-refractivity contribution in [2.75, 3.05) is 27.2 Å². The van der Waals surface area contributed by atoms with Gasteiger partial charge in [0.1, 0.15) is 23.9 Å². The third-order valence-corrected chi connectivity index (χ3v) is 12.9. The highest BCUT2D eigenvalue weighted by atomic mass is 16.7. The van der Waals surface area contributed by atoms with E-state index in [1.54, 1.807) is 46.4 Å². The van der Waals surface area contributed by atoms with Crippen molar-refractivity contribution in [1.82, 2.24) is 9.80 Å². The predicted molar refractivity (Wildman–Crippen MR) is 202 cm³/mol. The summed E-state index contributed by atoms with van der Waals surface area (Å²) in [5.74, 6) is -2.64. The summed E-state index contributed by atoms with van der Waals surface area (Å²) in [6.45, 7) is 20.6. The number of carbonyl (C=O) groups excluding carboxylic acids is 2. The monoisotopic (exact) mass is 789 g/mol. The van der Waals surface area contributed by atoms with Gasteiger partial charge in [0, 0.05) is 38.6 Å². The van der Waals surface area contributed by atoms with Crippen LogP contribution in [0.1, 0.15) is 108 Å². The number of hydrogen-bond acceptors (Lipinski definition) is 14. The van der Waals surface area contributed by atoms with Gasteiger partial charge in [-0.1, -0.05) is 27.7 Å². The molecule has 0 aromatic rings. The molecule has 320 valence electrons. The number of carbonyl (C=O) groups is 2. The van der Waals surface area contributed by atoms with Gasteiger partial charge in [0.05, 0.1) is 47.6 Å². The van der Waals surface area contributed by atoms with Crippen LogP contribution in [0.15, 0.2) is 0 Å². The molecule has 4 saturated heterocycles. The number of fused-ring (bicyclic) bond motifs is 1. The van der Waals surface area contributed by atoms with E-state index in [0.717, 1.165) is 6.42 Å². The minimum atomic E-state index is -1.81. The first-order valence-electron chi connectivity index (χ1n) is 20.4.